The maximum Gasteiger partial charge on any atom is 0.255 e. The molecule has 3 aromatic carbocycles. The third-order valence-electron chi connectivity index (χ3n) is 4.44. The van der Waals surface area contributed by atoms with Crippen LogP contribution in [0.1, 0.15) is 15.9 Å². The van der Waals surface area contributed by atoms with Gasteiger partial charge in [-0.3, -0.25) is 4.79 Å². The highest BCUT2D eigenvalue weighted by molar-refractivity contribution is 9.10. The van der Waals surface area contributed by atoms with Gasteiger partial charge in [0.1, 0.15) is 11.3 Å². The van der Waals surface area contributed by atoms with Gasteiger partial charge in [-0.1, -0.05) is 18.2 Å². The molecule has 28 heavy (non-hydrogen) atoms. The lowest BCUT2D eigenvalue weighted by Crippen LogP contribution is -2.13. The van der Waals surface area contributed by atoms with Gasteiger partial charge >= 0.3 is 0 Å². The Balaban J connectivity index is 1.63. The van der Waals surface area contributed by atoms with Gasteiger partial charge in [0.25, 0.3) is 5.91 Å². The van der Waals surface area contributed by atoms with Crippen LogP contribution in [0, 0.1) is 6.92 Å². The number of aromatic nitrogens is 1. The molecule has 1 N–H and O–H groups in total. The van der Waals surface area contributed by atoms with E-state index < -0.39 is 0 Å². The van der Waals surface area contributed by atoms with E-state index in [4.69, 9.17) is 9.15 Å². The van der Waals surface area contributed by atoms with Crippen LogP contribution in [0.25, 0.3) is 22.6 Å². The molecule has 0 fully saturated rings. The Kier molecular flexibility index (Phi) is 4.88. The van der Waals surface area contributed by atoms with Crippen molar-refractivity contribution < 1.29 is 13.9 Å². The molecule has 0 spiro atoms. The highest BCUT2D eigenvalue weighted by Gasteiger charge is 2.13. The third kappa shape index (κ3) is 3.51. The number of nitrogens with zero attached hydrogens (tertiary/aromatic N) is 1. The van der Waals surface area contributed by atoms with Crippen LogP contribution < -0.4 is 10.1 Å². The second-order valence-electron chi connectivity index (χ2n) is 6.32. The monoisotopic (exact) mass is 436 g/mol. The van der Waals surface area contributed by atoms with Gasteiger partial charge in [-0.25, -0.2) is 4.98 Å². The maximum absolute atomic E-state index is 12.7. The molecule has 1 heterocycles. The number of ether oxygens (including phenoxy) is 1. The van der Waals surface area contributed by atoms with E-state index in [1.807, 2.05) is 49.4 Å². The highest BCUT2D eigenvalue weighted by Crippen LogP contribution is 2.29. The highest BCUT2D eigenvalue weighted by atomic mass is 79.9. The van der Waals surface area contributed by atoms with E-state index >= 15 is 0 Å². The summed E-state index contributed by atoms with van der Waals surface area (Å²) in [4.78, 5) is 17.2. The van der Waals surface area contributed by atoms with Gasteiger partial charge in [-0.2, -0.15) is 0 Å². The van der Waals surface area contributed by atoms with Crippen molar-refractivity contribution >= 4 is 38.6 Å². The van der Waals surface area contributed by atoms with E-state index in [1.165, 1.54) is 0 Å². The number of carbonyl (C=O) groups excluding carboxylic acids is 1. The lowest BCUT2D eigenvalue weighted by atomic mass is 10.1. The van der Waals surface area contributed by atoms with Crippen molar-refractivity contribution in [1.29, 1.82) is 0 Å². The number of oxazole rings is 1. The van der Waals surface area contributed by atoms with Crippen LogP contribution in [0.3, 0.4) is 0 Å². The number of methoxy groups -OCH3 is 1. The van der Waals surface area contributed by atoms with Crippen molar-refractivity contribution in [3.8, 4) is 17.2 Å². The molecule has 0 saturated carbocycles. The van der Waals surface area contributed by atoms with Crippen molar-refractivity contribution in [3.63, 3.8) is 0 Å². The first-order chi connectivity index (χ1) is 13.5. The lowest BCUT2D eigenvalue weighted by molar-refractivity contribution is 0.102. The van der Waals surface area contributed by atoms with Gasteiger partial charge in [0.15, 0.2) is 5.58 Å². The van der Waals surface area contributed by atoms with Crippen LogP contribution in [-0.4, -0.2) is 18.0 Å². The minimum absolute atomic E-state index is 0.207. The largest absolute Gasteiger partial charge is 0.496 e. The molecule has 0 aliphatic rings. The summed E-state index contributed by atoms with van der Waals surface area (Å²) in [5.41, 5.74) is 4.50. The zero-order valence-electron chi connectivity index (χ0n) is 15.3. The fraction of sp³-hybridized carbons (Fsp3) is 0.0909. The van der Waals surface area contributed by atoms with E-state index in [9.17, 15) is 4.79 Å². The van der Waals surface area contributed by atoms with Crippen LogP contribution in [-0.2, 0) is 0 Å². The Bertz CT molecular complexity index is 1150. The first-order valence-electron chi connectivity index (χ1n) is 8.66. The number of hydrogen-bond donors (Lipinski definition) is 1. The summed E-state index contributed by atoms with van der Waals surface area (Å²) in [7, 11) is 1.58. The predicted octanol–water partition coefficient (Wildman–Crippen LogP) is 5.83. The molecule has 0 bridgehead atoms. The van der Waals surface area contributed by atoms with Crippen LogP contribution >= 0.6 is 15.9 Å². The van der Waals surface area contributed by atoms with E-state index in [1.54, 1.807) is 25.3 Å². The Morgan fingerprint density at radius 1 is 1.11 bits per heavy atom. The van der Waals surface area contributed by atoms with Crippen LogP contribution in [0.2, 0.25) is 0 Å². The van der Waals surface area contributed by atoms with Gasteiger partial charge in [0, 0.05) is 16.8 Å². The zero-order chi connectivity index (χ0) is 19.7. The van der Waals surface area contributed by atoms with Crippen LogP contribution in [0.5, 0.6) is 5.75 Å². The molecule has 0 unspecified atom stereocenters. The first kappa shape index (κ1) is 18.3. The van der Waals surface area contributed by atoms with Gasteiger partial charge in [0.05, 0.1) is 11.6 Å². The lowest BCUT2D eigenvalue weighted by Gasteiger charge is -2.11. The summed E-state index contributed by atoms with van der Waals surface area (Å²) < 4.78 is 11.8. The molecule has 0 aliphatic heterocycles. The number of para-hydroxylation sites is 2. The maximum atomic E-state index is 12.7. The molecule has 4 aromatic rings. The molecule has 6 heteroatoms. The fourth-order valence-corrected chi connectivity index (χ4v) is 3.43. The molecule has 4 rings (SSSR count). The third-order valence-corrected chi connectivity index (χ3v) is 5.06. The summed E-state index contributed by atoms with van der Waals surface area (Å²) in [6.07, 6.45) is 0. The van der Waals surface area contributed by atoms with Crippen LogP contribution in [0.4, 0.5) is 5.69 Å². The van der Waals surface area contributed by atoms with Gasteiger partial charge in [-0.15, -0.1) is 0 Å². The van der Waals surface area contributed by atoms with Gasteiger partial charge in [0.2, 0.25) is 5.89 Å². The Labute approximate surface area is 170 Å². The predicted molar refractivity (Wildman–Crippen MR) is 113 cm³/mol. The topological polar surface area (TPSA) is 64.4 Å². The van der Waals surface area contributed by atoms with Crippen LogP contribution in [0.15, 0.2) is 69.6 Å². The number of benzene rings is 3. The first-order valence-corrected chi connectivity index (χ1v) is 9.46. The number of hydrogen-bond acceptors (Lipinski definition) is 4. The SMILES string of the molecule is COc1ccc(C(=O)Nc2cc(-c3nc4ccccc4o3)ccc2C)cc1Br. The standard InChI is InChI=1S/C22H17BrN2O3/c1-13-7-8-15(22-25-17-5-3-4-6-20(17)28-22)12-18(13)24-21(26)14-9-10-19(27-2)16(23)11-14/h3-12H,1-2H3,(H,24,26). The minimum atomic E-state index is -0.207. The zero-order valence-corrected chi connectivity index (χ0v) is 16.9. The normalized spacial score (nSPS) is 10.8. The fourth-order valence-electron chi connectivity index (χ4n) is 2.89. The summed E-state index contributed by atoms with van der Waals surface area (Å²) in [5, 5.41) is 2.97. The number of fused-ring (bicyclic) bond motifs is 1. The molecule has 140 valence electrons. The molecule has 0 radical (unpaired) electrons. The van der Waals surface area contributed by atoms with Gasteiger partial charge < -0.3 is 14.5 Å². The summed E-state index contributed by atoms with van der Waals surface area (Å²) in [6.45, 7) is 1.94. The van der Waals surface area contributed by atoms with Gasteiger partial charge in [-0.05, 0) is 70.9 Å². The van der Waals surface area contributed by atoms with Crippen molar-refractivity contribution in [2.75, 3.05) is 12.4 Å². The van der Waals surface area contributed by atoms with Crippen molar-refractivity contribution in [2.24, 2.45) is 0 Å². The second kappa shape index (κ2) is 7.48. The second-order valence-corrected chi connectivity index (χ2v) is 7.17. The molecule has 0 atom stereocenters. The molecule has 1 amide bonds. The quantitative estimate of drug-likeness (QED) is 0.437. The minimum Gasteiger partial charge on any atom is -0.496 e. The molecule has 0 saturated heterocycles. The molecule has 0 aliphatic carbocycles. The Morgan fingerprint density at radius 3 is 2.68 bits per heavy atom. The summed E-state index contributed by atoms with van der Waals surface area (Å²) in [6, 6.07) is 18.5. The average molecular weight is 437 g/mol. The van der Waals surface area contributed by atoms with E-state index in [2.05, 4.69) is 26.2 Å². The van der Waals surface area contributed by atoms with E-state index in [-0.39, 0.29) is 5.91 Å². The Morgan fingerprint density at radius 2 is 1.93 bits per heavy atom. The number of halogens is 1. The molecular formula is C22H17BrN2O3. The number of anilines is 1. The number of aryl methyl sites for hydroxylation is 1. The van der Waals surface area contributed by atoms with Crippen molar-refractivity contribution in [2.45, 2.75) is 6.92 Å². The molecule has 5 nitrogen and oxygen atoms in total. The number of rotatable bonds is 4. The number of amides is 1. The molecular weight excluding hydrogens is 420 g/mol. The van der Waals surface area contributed by atoms with E-state index in [0.29, 0.717) is 22.9 Å². The average Bonchev–Trinajstić information content (AvgIpc) is 3.13. The smallest absolute Gasteiger partial charge is 0.255 e. The molecule has 1 aromatic heterocycles. The number of carbonyl (C=O) groups is 1. The Hall–Kier alpha value is -3.12. The van der Waals surface area contributed by atoms with Crippen molar-refractivity contribution in [1.82, 2.24) is 4.98 Å². The van der Waals surface area contributed by atoms with E-state index in [0.717, 1.165) is 26.7 Å². The summed E-state index contributed by atoms with van der Waals surface area (Å²) >= 11 is 3.41. The summed E-state index contributed by atoms with van der Waals surface area (Å²) in [5.74, 6) is 0.982. The van der Waals surface area contributed by atoms with Crippen molar-refractivity contribution in [3.05, 3.63) is 76.3 Å². The number of nitrogens with one attached hydrogen (secondary N) is 1.